The highest BCUT2D eigenvalue weighted by atomic mass is 79.9. The van der Waals surface area contributed by atoms with E-state index in [1.54, 1.807) is 18.2 Å². The largest absolute Gasteiger partial charge is 0.384 e. The van der Waals surface area contributed by atoms with E-state index in [1.807, 2.05) is 0 Å². The second-order valence-electron chi connectivity index (χ2n) is 3.73. The summed E-state index contributed by atoms with van der Waals surface area (Å²) in [5.41, 5.74) is 0.377. The standard InChI is InChI=1S/C13H8Br2F2O/c14-7-1-3-11(15)9(5-7)13(18)10-6-8(16)2-4-12(10)17/h1-6,13,18H. The molecule has 0 aliphatic rings. The number of halogens is 4. The van der Waals surface area contributed by atoms with E-state index in [-0.39, 0.29) is 5.56 Å². The summed E-state index contributed by atoms with van der Waals surface area (Å²) in [5, 5.41) is 10.1. The first-order chi connectivity index (χ1) is 8.49. The van der Waals surface area contributed by atoms with Crippen molar-refractivity contribution >= 4 is 31.9 Å². The van der Waals surface area contributed by atoms with Crippen LogP contribution in [0.2, 0.25) is 0 Å². The van der Waals surface area contributed by atoms with Crippen LogP contribution in [0.15, 0.2) is 45.3 Å². The van der Waals surface area contributed by atoms with Gasteiger partial charge in [-0.05, 0) is 36.4 Å². The Morgan fingerprint density at radius 2 is 1.67 bits per heavy atom. The number of aliphatic hydroxyl groups excluding tert-OH is 1. The van der Waals surface area contributed by atoms with E-state index in [0.717, 1.165) is 22.7 Å². The quantitative estimate of drug-likeness (QED) is 0.812. The Kier molecular flexibility index (Phi) is 4.14. The highest BCUT2D eigenvalue weighted by Crippen LogP contribution is 2.32. The van der Waals surface area contributed by atoms with Crippen molar-refractivity contribution in [2.24, 2.45) is 0 Å². The lowest BCUT2D eigenvalue weighted by molar-refractivity contribution is 0.213. The molecular weight excluding hydrogens is 370 g/mol. The van der Waals surface area contributed by atoms with Gasteiger partial charge in [0.2, 0.25) is 0 Å². The predicted molar refractivity (Wildman–Crippen MR) is 72.3 cm³/mol. The number of hydrogen-bond donors (Lipinski definition) is 1. The molecule has 1 unspecified atom stereocenters. The van der Waals surface area contributed by atoms with Gasteiger partial charge in [-0.25, -0.2) is 8.78 Å². The molecule has 2 aromatic rings. The zero-order valence-corrected chi connectivity index (χ0v) is 12.2. The fourth-order valence-electron chi connectivity index (χ4n) is 1.62. The second-order valence-corrected chi connectivity index (χ2v) is 5.50. The van der Waals surface area contributed by atoms with Crippen molar-refractivity contribution in [1.82, 2.24) is 0 Å². The molecule has 94 valence electrons. The zero-order chi connectivity index (χ0) is 13.3. The molecule has 1 nitrogen and oxygen atoms in total. The van der Waals surface area contributed by atoms with Gasteiger partial charge in [0.05, 0.1) is 0 Å². The Morgan fingerprint density at radius 3 is 2.39 bits per heavy atom. The van der Waals surface area contributed by atoms with Gasteiger partial charge in [-0.1, -0.05) is 31.9 Å². The van der Waals surface area contributed by atoms with Gasteiger partial charge in [-0.15, -0.1) is 0 Å². The van der Waals surface area contributed by atoms with Gasteiger partial charge in [0.15, 0.2) is 0 Å². The fourth-order valence-corrected chi connectivity index (χ4v) is 2.46. The van der Waals surface area contributed by atoms with E-state index in [4.69, 9.17) is 0 Å². The Balaban J connectivity index is 2.50. The lowest BCUT2D eigenvalue weighted by Crippen LogP contribution is -2.04. The van der Waals surface area contributed by atoms with Crippen LogP contribution in [-0.2, 0) is 0 Å². The first-order valence-electron chi connectivity index (χ1n) is 5.07. The van der Waals surface area contributed by atoms with Gasteiger partial charge >= 0.3 is 0 Å². The third-order valence-electron chi connectivity index (χ3n) is 2.51. The van der Waals surface area contributed by atoms with E-state index in [2.05, 4.69) is 31.9 Å². The van der Waals surface area contributed by atoms with E-state index in [9.17, 15) is 13.9 Å². The molecule has 1 N–H and O–H groups in total. The molecule has 0 saturated heterocycles. The molecule has 18 heavy (non-hydrogen) atoms. The summed E-state index contributed by atoms with van der Waals surface area (Å²) < 4.78 is 28.1. The maximum Gasteiger partial charge on any atom is 0.129 e. The minimum Gasteiger partial charge on any atom is -0.384 e. The number of hydrogen-bond acceptors (Lipinski definition) is 1. The minimum absolute atomic E-state index is 0.0891. The first-order valence-corrected chi connectivity index (χ1v) is 6.65. The average Bonchev–Trinajstić information content (AvgIpc) is 2.34. The van der Waals surface area contributed by atoms with Crippen LogP contribution in [0.3, 0.4) is 0 Å². The molecule has 0 aliphatic heterocycles. The van der Waals surface area contributed by atoms with Crippen LogP contribution < -0.4 is 0 Å². The Labute approximate surface area is 120 Å². The Bertz CT molecular complexity index is 536. The Hall–Kier alpha value is -0.780. The third-order valence-corrected chi connectivity index (χ3v) is 3.72. The SMILES string of the molecule is OC(c1cc(F)ccc1F)c1cc(Br)ccc1Br. The number of benzene rings is 2. The smallest absolute Gasteiger partial charge is 0.129 e. The van der Waals surface area contributed by atoms with Crippen LogP contribution in [0, 0.1) is 11.6 Å². The molecule has 2 aromatic carbocycles. The molecule has 5 heteroatoms. The minimum atomic E-state index is -1.23. The topological polar surface area (TPSA) is 20.2 Å². The number of aliphatic hydroxyl groups is 1. The molecular formula is C13H8Br2F2O. The lowest BCUT2D eigenvalue weighted by atomic mass is 10.0. The van der Waals surface area contributed by atoms with Crippen molar-refractivity contribution in [2.75, 3.05) is 0 Å². The third kappa shape index (κ3) is 2.79. The summed E-state index contributed by atoms with van der Waals surface area (Å²) in [5.74, 6) is -1.23. The summed E-state index contributed by atoms with van der Waals surface area (Å²) in [6.07, 6.45) is -1.23. The zero-order valence-electron chi connectivity index (χ0n) is 9.00. The van der Waals surface area contributed by atoms with E-state index in [1.165, 1.54) is 0 Å². The molecule has 0 fully saturated rings. The van der Waals surface area contributed by atoms with Gasteiger partial charge in [0.1, 0.15) is 17.7 Å². The van der Waals surface area contributed by atoms with Gasteiger partial charge < -0.3 is 5.11 Å². The second kappa shape index (κ2) is 5.47. The van der Waals surface area contributed by atoms with Crippen molar-refractivity contribution in [3.05, 3.63) is 68.1 Å². The molecule has 0 bridgehead atoms. The summed E-state index contributed by atoms with van der Waals surface area (Å²) in [4.78, 5) is 0. The predicted octanol–water partition coefficient (Wildman–Crippen LogP) is 4.57. The number of rotatable bonds is 2. The van der Waals surface area contributed by atoms with Crippen molar-refractivity contribution in [3.63, 3.8) is 0 Å². The highest BCUT2D eigenvalue weighted by Gasteiger charge is 2.18. The molecule has 0 amide bonds. The molecule has 0 radical (unpaired) electrons. The van der Waals surface area contributed by atoms with Gasteiger partial charge in [-0.3, -0.25) is 0 Å². The first kappa shape index (κ1) is 13.6. The average molecular weight is 378 g/mol. The molecule has 1 atom stereocenters. The Morgan fingerprint density at radius 1 is 0.944 bits per heavy atom. The van der Waals surface area contributed by atoms with Gasteiger partial charge in [-0.2, -0.15) is 0 Å². The van der Waals surface area contributed by atoms with Gasteiger partial charge in [0.25, 0.3) is 0 Å². The van der Waals surface area contributed by atoms with Crippen molar-refractivity contribution < 1.29 is 13.9 Å². The van der Waals surface area contributed by atoms with Crippen LogP contribution >= 0.6 is 31.9 Å². The van der Waals surface area contributed by atoms with Crippen LogP contribution in [0.5, 0.6) is 0 Å². The van der Waals surface area contributed by atoms with Gasteiger partial charge in [0, 0.05) is 20.1 Å². The lowest BCUT2D eigenvalue weighted by Gasteiger charge is -2.14. The molecule has 0 heterocycles. The van der Waals surface area contributed by atoms with Crippen LogP contribution in [0.4, 0.5) is 8.78 Å². The highest BCUT2D eigenvalue weighted by molar-refractivity contribution is 9.11. The summed E-state index contributed by atoms with van der Waals surface area (Å²) in [6, 6.07) is 8.16. The normalized spacial score (nSPS) is 12.5. The van der Waals surface area contributed by atoms with E-state index < -0.39 is 17.7 Å². The van der Waals surface area contributed by atoms with Crippen LogP contribution in [0.1, 0.15) is 17.2 Å². The fraction of sp³-hybridized carbons (Fsp3) is 0.0769. The maximum atomic E-state index is 13.6. The maximum absolute atomic E-state index is 13.6. The van der Waals surface area contributed by atoms with Crippen molar-refractivity contribution in [2.45, 2.75) is 6.10 Å². The molecule has 0 saturated carbocycles. The summed E-state index contributed by atoms with van der Waals surface area (Å²) >= 11 is 6.54. The molecule has 2 rings (SSSR count). The van der Waals surface area contributed by atoms with Crippen molar-refractivity contribution in [1.29, 1.82) is 0 Å². The van der Waals surface area contributed by atoms with Crippen molar-refractivity contribution in [3.8, 4) is 0 Å². The molecule has 0 aromatic heterocycles. The molecule has 0 aliphatic carbocycles. The monoisotopic (exact) mass is 376 g/mol. The van der Waals surface area contributed by atoms with E-state index >= 15 is 0 Å². The van der Waals surface area contributed by atoms with E-state index in [0.29, 0.717) is 10.0 Å². The summed E-state index contributed by atoms with van der Waals surface area (Å²) in [7, 11) is 0. The van der Waals surface area contributed by atoms with Crippen LogP contribution in [-0.4, -0.2) is 5.11 Å². The molecule has 0 spiro atoms. The summed E-state index contributed by atoms with van der Waals surface area (Å²) in [6.45, 7) is 0. The van der Waals surface area contributed by atoms with Crippen LogP contribution in [0.25, 0.3) is 0 Å².